The molecule has 0 aliphatic rings. The minimum Gasteiger partial charge on any atom is -0.539 e. The van der Waals surface area contributed by atoms with Crippen molar-refractivity contribution in [3.63, 3.8) is 0 Å². The van der Waals surface area contributed by atoms with E-state index in [0.29, 0.717) is 0 Å². The maximum absolute atomic E-state index is 10.9. The van der Waals surface area contributed by atoms with Gasteiger partial charge in [-0.1, -0.05) is 30.3 Å². The number of rotatable bonds is 1. The van der Waals surface area contributed by atoms with Gasteiger partial charge in [-0.25, -0.2) is 0 Å². The Kier molecular flexibility index (Phi) is 2.76. The molecule has 3 N–H and O–H groups in total. The number of hydrogen-bond acceptors (Lipinski definition) is 4. The van der Waals surface area contributed by atoms with Gasteiger partial charge in [-0.05, 0) is 16.1 Å². The lowest BCUT2D eigenvalue weighted by Crippen LogP contribution is -2.31. The fourth-order valence-electron chi connectivity index (χ4n) is 1.75. The van der Waals surface area contributed by atoms with Crippen LogP contribution >= 0.6 is 0 Å². The second kappa shape index (κ2) is 4.23. The molecule has 0 spiro atoms. The normalized spacial score (nSPS) is 10.1. The van der Waals surface area contributed by atoms with E-state index in [-0.39, 0.29) is 6.15 Å². The highest BCUT2D eigenvalue weighted by Gasteiger charge is 2.12. The van der Waals surface area contributed by atoms with E-state index in [1.807, 2.05) is 42.5 Å². The van der Waals surface area contributed by atoms with E-state index >= 15 is 0 Å². The Hall–Kier alpha value is -2.40. The van der Waals surface area contributed by atoms with Crippen LogP contribution in [0.2, 0.25) is 0 Å². The minimum absolute atomic E-state index is 0. The molecule has 0 saturated heterocycles. The maximum atomic E-state index is 10.9. The summed E-state index contributed by atoms with van der Waals surface area (Å²) < 4.78 is 5.97. The SMILES string of the molecule is N.[O-]c1c[n+](-c2cccc3ccccc23)no1. The lowest BCUT2D eigenvalue weighted by atomic mass is 10.1. The summed E-state index contributed by atoms with van der Waals surface area (Å²) in [5, 5.41) is 16.7. The third kappa shape index (κ3) is 1.83. The van der Waals surface area contributed by atoms with Crippen LogP contribution < -0.4 is 15.9 Å². The topological polar surface area (TPSA) is 88.0 Å². The van der Waals surface area contributed by atoms with E-state index in [9.17, 15) is 5.11 Å². The van der Waals surface area contributed by atoms with E-state index in [2.05, 4.69) is 9.79 Å². The van der Waals surface area contributed by atoms with Gasteiger partial charge in [0, 0.05) is 6.07 Å². The molecule has 0 atom stereocenters. The van der Waals surface area contributed by atoms with Crippen molar-refractivity contribution < 1.29 is 14.3 Å². The average Bonchev–Trinajstić information content (AvgIpc) is 2.75. The molecule has 86 valence electrons. The number of benzene rings is 2. The van der Waals surface area contributed by atoms with Crippen molar-refractivity contribution in [2.45, 2.75) is 0 Å². The van der Waals surface area contributed by atoms with Crippen LogP contribution in [0.5, 0.6) is 5.95 Å². The minimum atomic E-state index is -0.451. The molecule has 0 radical (unpaired) electrons. The summed E-state index contributed by atoms with van der Waals surface area (Å²) in [4.78, 5) is 0. The molecule has 1 aromatic heterocycles. The van der Waals surface area contributed by atoms with E-state index in [1.54, 1.807) is 0 Å². The van der Waals surface area contributed by atoms with Crippen LogP contribution in [-0.4, -0.2) is 5.27 Å². The Morgan fingerprint density at radius 2 is 1.82 bits per heavy atom. The highest BCUT2D eigenvalue weighted by Crippen LogP contribution is 2.18. The Bertz CT molecular complexity index is 644. The van der Waals surface area contributed by atoms with Crippen LogP contribution in [0, 0.1) is 0 Å². The summed E-state index contributed by atoms with van der Waals surface area (Å²) in [7, 11) is 0. The molecule has 0 aliphatic heterocycles. The second-order valence-electron chi connectivity index (χ2n) is 3.46. The van der Waals surface area contributed by atoms with Crippen LogP contribution in [0.15, 0.2) is 53.2 Å². The highest BCUT2D eigenvalue weighted by atomic mass is 16.6. The quantitative estimate of drug-likeness (QED) is 0.638. The number of nitrogens with zero attached hydrogens (tertiary/aromatic N) is 2. The van der Waals surface area contributed by atoms with Crippen molar-refractivity contribution in [3.8, 4) is 11.6 Å². The van der Waals surface area contributed by atoms with Crippen LogP contribution in [0.25, 0.3) is 16.5 Å². The third-order valence-electron chi connectivity index (χ3n) is 2.46. The highest BCUT2D eigenvalue weighted by molar-refractivity contribution is 5.88. The van der Waals surface area contributed by atoms with Crippen molar-refractivity contribution >= 4 is 10.8 Å². The summed E-state index contributed by atoms with van der Waals surface area (Å²) in [5.74, 6) is -0.451. The third-order valence-corrected chi connectivity index (χ3v) is 2.46. The zero-order valence-corrected chi connectivity index (χ0v) is 9.04. The molecule has 1 heterocycles. The molecule has 5 heteroatoms. The molecule has 3 aromatic rings. The molecule has 0 saturated carbocycles. The average molecular weight is 229 g/mol. The van der Waals surface area contributed by atoms with E-state index < -0.39 is 5.95 Å². The van der Waals surface area contributed by atoms with Crippen molar-refractivity contribution in [1.29, 1.82) is 0 Å². The first-order chi connectivity index (χ1) is 7.84. The van der Waals surface area contributed by atoms with Gasteiger partial charge in [-0.2, -0.15) is 0 Å². The molecule has 3 rings (SSSR count). The second-order valence-corrected chi connectivity index (χ2v) is 3.46. The molecular formula is C12H11N3O2. The largest absolute Gasteiger partial charge is 0.539 e. The molecule has 0 fully saturated rings. The van der Waals surface area contributed by atoms with Gasteiger partial charge >= 0.3 is 0 Å². The van der Waals surface area contributed by atoms with Gasteiger partial charge in [0.1, 0.15) is 5.95 Å². The monoisotopic (exact) mass is 229 g/mol. The smallest absolute Gasteiger partial charge is 0.247 e. The zero-order chi connectivity index (χ0) is 11.0. The number of hydrogen-bond donors (Lipinski definition) is 1. The first kappa shape index (κ1) is 11.1. The van der Waals surface area contributed by atoms with Crippen molar-refractivity contribution in [2.24, 2.45) is 0 Å². The first-order valence-electron chi connectivity index (χ1n) is 4.88. The Labute approximate surface area is 97.5 Å². The fourth-order valence-corrected chi connectivity index (χ4v) is 1.75. The van der Waals surface area contributed by atoms with Crippen molar-refractivity contribution in [2.75, 3.05) is 0 Å². The van der Waals surface area contributed by atoms with Crippen LogP contribution in [-0.2, 0) is 0 Å². The number of aromatic nitrogens is 2. The molecule has 0 unspecified atom stereocenters. The predicted molar refractivity (Wildman–Crippen MR) is 60.0 cm³/mol. The molecule has 17 heavy (non-hydrogen) atoms. The Morgan fingerprint density at radius 1 is 1.06 bits per heavy atom. The summed E-state index contributed by atoms with van der Waals surface area (Å²) in [6, 6.07) is 13.7. The van der Waals surface area contributed by atoms with Gasteiger partial charge in [0.15, 0.2) is 0 Å². The number of fused-ring (bicyclic) bond motifs is 1. The Balaban J connectivity index is 0.00000108. The first-order valence-corrected chi connectivity index (χ1v) is 4.88. The van der Waals surface area contributed by atoms with Crippen LogP contribution in [0.3, 0.4) is 0 Å². The fraction of sp³-hybridized carbons (Fsp3) is 0. The van der Waals surface area contributed by atoms with Crippen molar-refractivity contribution in [3.05, 3.63) is 48.7 Å². The van der Waals surface area contributed by atoms with Crippen molar-refractivity contribution in [1.82, 2.24) is 11.4 Å². The summed E-state index contributed by atoms with van der Waals surface area (Å²) in [6.07, 6.45) is 1.32. The van der Waals surface area contributed by atoms with Gasteiger partial charge in [0.05, 0.1) is 10.7 Å². The van der Waals surface area contributed by atoms with E-state index in [0.717, 1.165) is 16.5 Å². The summed E-state index contributed by atoms with van der Waals surface area (Å²) in [6.45, 7) is 0. The lowest BCUT2D eigenvalue weighted by Gasteiger charge is -1.97. The van der Waals surface area contributed by atoms with Crippen LogP contribution in [0.1, 0.15) is 0 Å². The van der Waals surface area contributed by atoms with Gasteiger partial charge in [0.25, 0.3) is 0 Å². The molecule has 5 nitrogen and oxygen atoms in total. The molecule has 0 aliphatic carbocycles. The van der Waals surface area contributed by atoms with Gasteiger partial charge in [-0.3, -0.25) is 0 Å². The van der Waals surface area contributed by atoms with E-state index in [4.69, 9.17) is 0 Å². The standard InChI is InChI=1S/C12H8N2O2.H3N/c15-12-8-14(13-16-12)11-7-3-5-9-4-1-2-6-10(9)11;/h1-8H;1H3. The Morgan fingerprint density at radius 3 is 2.59 bits per heavy atom. The van der Waals surface area contributed by atoms with Gasteiger partial charge < -0.3 is 15.8 Å². The van der Waals surface area contributed by atoms with E-state index in [1.165, 1.54) is 10.9 Å². The predicted octanol–water partition coefficient (Wildman–Crippen LogP) is 1.34. The van der Waals surface area contributed by atoms with Crippen LogP contribution in [0.4, 0.5) is 0 Å². The maximum Gasteiger partial charge on any atom is 0.247 e. The lowest BCUT2D eigenvalue weighted by molar-refractivity contribution is -0.669. The summed E-state index contributed by atoms with van der Waals surface area (Å²) >= 11 is 0. The molecule has 0 bridgehead atoms. The van der Waals surface area contributed by atoms with Gasteiger partial charge in [-0.15, -0.1) is 0 Å². The summed E-state index contributed by atoms with van der Waals surface area (Å²) in [5.41, 5.74) is 0.837. The zero-order valence-electron chi connectivity index (χ0n) is 9.04. The molecule has 2 aromatic carbocycles. The molecular weight excluding hydrogens is 218 g/mol. The van der Waals surface area contributed by atoms with Gasteiger partial charge in [0.2, 0.25) is 11.9 Å². The molecule has 0 amide bonds.